The number of hydrogen-bond acceptors (Lipinski definition) is 3. The minimum Gasteiger partial charge on any atom is -0.471 e. The first kappa shape index (κ1) is 10.3. The van der Waals surface area contributed by atoms with Crippen LogP contribution in [0.25, 0.3) is 0 Å². The van der Waals surface area contributed by atoms with Gasteiger partial charge in [-0.1, -0.05) is 15.9 Å². The van der Waals surface area contributed by atoms with Gasteiger partial charge in [-0.3, -0.25) is 0 Å². The third-order valence-electron chi connectivity index (χ3n) is 2.73. The lowest BCUT2D eigenvalue weighted by atomic mass is 10.1. The monoisotopic (exact) mass is 266 g/mol. The van der Waals surface area contributed by atoms with Crippen LogP contribution in [0.4, 0.5) is 5.69 Å². The number of nitriles is 1. The van der Waals surface area contributed by atoms with E-state index in [0.717, 1.165) is 15.9 Å². The number of anilines is 1. The van der Waals surface area contributed by atoms with Crippen molar-refractivity contribution in [2.45, 2.75) is 19.1 Å². The van der Waals surface area contributed by atoms with E-state index in [-0.39, 0.29) is 6.04 Å². The molecule has 3 nitrogen and oxygen atoms in total. The highest BCUT2D eigenvalue weighted by Crippen LogP contribution is 2.36. The van der Waals surface area contributed by atoms with Gasteiger partial charge in [0.15, 0.2) is 0 Å². The molecule has 2 unspecified atom stereocenters. The first-order valence-corrected chi connectivity index (χ1v) is 5.51. The molecule has 1 heterocycles. The molecule has 0 radical (unpaired) electrons. The van der Waals surface area contributed by atoms with E-state index in [2.05, 4.69) is 26.9 Å². The number of nitrogens with zero attached hydrogens (tertiary/aromatic N) is 2. The van der Waals surface area contributed by atoms with Gasteiger partial charge in [-0.05, 0) is 25.1 Å². The average molecular weight is 267 g/mol. The van der Waals surface area contributed by atoms with Gasteiger partial charge >= 0.3 is 0 Å². The Morgan fingerprint density at radius 3 is 2.93 bits per heavy atom. The second kappa shape index (κ2) is 3.74. The molecular weight excluding hydrogens is 256 g/mol. The van der Waals surface area contributed by atoms with Crippen LogP contribution in [0.2, 0.25) is 0 Å². The van der Waals surface area contributed by atoms with Crippen molar-refractivity contribution in [1.29, 1.82) is 5.26 Å². The smallest absolute Gasteiger partial charge is 0.204 e. The van der Waals surface area contributed by atoms with Crippen molar-refractivity contribution in [2.75, 3.05) is 11.9 Å². The summed E-state index contributed by atoms with van der Waals surface area (Å²) in [6, 6.07) is 8.09. The summed E-state index contributed by atoms with van der Waals surface area (Å²) in [7, 11) is 1.98. The molecule has 2 rings (SSSR count). The number of ether oxygens (including phenoxy) is 1. The quantitative estimate of drug-likeness (QED) is 0.724. The van der Waals surface area contributed by atoms with Crippen LogP contribution in [0.15, 0.2) is 22.7 Å². The van der Waals surface area contributed by atoms with Gasteiger partial charge in [0.25, 0.3) is 0 Å². The summed E-state index contributed by atoms with van der Waals surface area (Å²) in [4.78, 5) is 2.07. The zero-order valence-electron chi connectivity index (χ0n) is 8.57. The largest absolute Gasteiger partial charge is 0.471 e. The Hall–Kier alpha value is -1.21. The van der Waals surface area contributed by atoms with Crippen LogP contribution in [0.5, 0.6) is 5.75 Å². The third-order valence-corrected chi connectivity index (χ3v) is 3.23. The summed E-state index contributed by atoms with van der Waals surface area (Å²) in [5.74, 6) is 0.761. The average Bonchev–Trinajstić information content (AvgIpc) is 2.23. The maximum Gasteiger partial charge on any atom is 0.204 e. The minimum absolute atomic E-state index is 0.0728. The van der Waals surface area contributed by atoms with Crippen molar-refractivity contribution in [2.24, 2.45) is 0 Å². The van der Waals surface area contributed by atoms with E-state index in [4.69, 9.17) is 10.00 Å². The molecule has 0 saturated heterocycles. The molecule has 78 valence electrons. The molecule has 1 aromatic rings. The normalized spacial score (nSPS) is 24.0. The van der Waals surface area contributed by atoms with Crippen molar-refractivity contribution in [3.8, 4) is 11.8 Å². The van der Waals surface area contributed by atoms with Gasteiger partial charge in [-0.25, -0.2) is 0 Å². The lowest BCUT2D eigenvalue weighted by Gasteiger charge is -2.36. The number of halogens is 1. The van der Waals surface area contributed by atoms with Gasteiger partial charge in [0.05, 0.1) is 11.7 Å². The lowest BCUT2D eigenvalue weighted by Crippen LogP contribution is -2.45. The molecule has 1 aliphatic rings. The first-order chi connectivity index (χ1) is 7.13. The highest BCUT2D eigenvalue weighted by Gasteiger charge is 2.30. The molecule has 1 aliphatic heterocycles. The second-order valence-corrected chi connectivity index (χ2v) is 4.55. The Bertz CT molecular complexity index is 427. The van der Waals surface area contributed by atoms with Crippen LogP contribution in [-0.4, -0.2) is 19.2 Å². The van der Waals surface area contributed by atoms with Gasteiger partial charge in [-0.15, -0.1) is 0 Å². The molecule has 2 atom stereocenters. The lowest BCUT2D eigenvalue weighted by molar-refractivity contribution is 0.212. The Morgan fingerprint density at radius 2 is 2.27 bits per heavy atom. The maximum absolute atomic E-state index is 8.96. The van der Waals surface area contributed by atoms with Gasteiger partial charge in [0, 0.05) is 11.5 Å². The molecule has 0 aromatic heterocycles. The number of rotatable bonds is 0. The summed E-state index contributed by atoms with van der Waals surface area (Å²) in [5.41, 5.74) is 1.03. The van der Waals surface area contributed by atoms with E-state index in [1.165, 1.54) is 0 Å². The molecule has 0 bridgehead atoms. The Morgan fingerprint density at radius 1 is 1.53 bits per heavy atom. The number of likely N-dealkylation sites (N-methyl/N-ethyl adjacent to an activating group) is 1. The Labute approximate surface area is 97.4 Å². The van der Waals surface area contributed by atoms with E-state index in [9.17, 15) is 0 Å². The summed E-state index contributed by atoms with van der Waals surface area (Å²) in [6.07, 6.45) is -0.406. The van der Waals surface area contributed by atoms with Gasteiger partial charge in [0.2, 0.25) is 6.10 Å². The second-order valence-electron chi connectivity index (χ2n) is 3.63. The predicted octanol–water partition coefficient (Wildman–Crippen LogP) is 2.56. The van der Waals surface area contributed by atoms with E-state index in [1.807, 2.05) is 32.2 Å². The van der Waals surface area contributed by atoms with E-state index in [0.29, 0.717) is 0 Å². The predicted molar refractivity (Wildman–Crippen MR) is 62.0 cm³/mol. The topological polar surface area (TPSA) is 36.3 Å². The summed E-state index contributed by atoms with van der Waals surface area (Å²) in [5, 5.41) is 8.96. The fraction of sp³-hybridized carbons (Fsp3) is 0.364. The SMILES string of the molecule is CC1C(C#N)Oc2cc(Br)ccc2N1C. The molecule has 4 heteroatoms. The van der Waals surface area contributed by atoms with E-state index in [1.54, 1.807) is 0 Å². The fourth-order valence-electron chi connectivity index (χ4n) is 1.67. The summed E-state index contributed by atoms with van der Waals surface area (Å²) < 4.78 is 6.57. The van der Waals surface area contributed by atoms with Crippen LogP contribution in [-0.2, 0) is 0 Å². The standard InChI is InChI=1S/C11H11BrN2O/c1-7-11(6-13)15-10-5-8(12)3-4-9(10)14(7)2/h3-5,7,11H,1-2H3. The van der Waals surface area contributed by atoms with Crippen molar-refractivity contribution >= 4 is 21.6 Å². The minimum atomic E-state index is -0.406. The van der Waals surface area contributed by atoms with Gasteiger partial charge in [-0.2, -0.15) is 5.26 Å². The molecule has 0 spiro atoms. The molecule has 15 heavy (non-hydrogen) atoms. The van der Waals surface area contributed by atoms with E-state index >= 15 is 0 Å². The van der Waals surface area contributed by atoms with Crippen LogP contribution >= 0.6 is 15.9 Å². The van der Waals surface area contributed by atoms with Crippen molar-refractivity contribution in [3.63, 3.8) is 0 Å². The van der Waals surface area contributed by atoms with Crippen LogP contribution in [0.3, 0.4) is 0 Å². The van der Waals surface area contributed by atoms with Crippen LogP contribution in [0, 0.1) is 11.3 Å². The molecule has 0 saturated carbocycles. The maximum atomic E-state index is 8.96. The molecule has 0 amide bonds. The molecular formula is C11H11BrN2O. The highest BCUT2D eigenvalue weighted by atomic mass is 79.9. The first-order valence-electron chi connectivity index (χ1n) is 4.72. The number of fused-ring (bicyclic) bond motifs is 1. The zero-order valence-corrected chi connectivity index (χ0v) is 10.2. The highest BCUT2D eigenvalue weighted by molar-refractivity contribution is 9.10. The Balaban J connectivity index is 2.46. The third kappa shape index (κ3) is 1.68. The molecule has 0 fully saturated rings. The molecule has 1 aromatic carbocycles. The van der Waals surface area contributed by atoms with Crippen LogP contribution < -0.4 is 9.64 Å². The summed E-state index contributed by atoms with van der Waals surface area (Å²) in [6.45, 7) is 1.98. The van der Waals surface area contributed by atoms with Gasteiger partial charge in [0.1, 0.15) is 11.8 Å². The number of hydrogen-bond donors (Lipinski definition) is 0. The van der Waals surface area contributed by atoms with Crippen molar-refractivity contribution in [1.82, 2.24) is 0 Å². The fourth-order valence-corrected chi connectivity index (χ4v) is 2.01. The number of benzene rings is 1. The summed E-state index contributed by atoms with van der Waals surface area (Å²) >= 11 is 3.39. The van der Waals surface area contributed by atoms with Gasteiger partial charge < -0.3 is 9.64 Å². The van der Waals surface area contributed by atoms with Crippen molar-refractivity contribution in [3.05, 3.63) is 22.7 Å². The van der Waals surface area contributed by atoms with E-state index < -0.39 is 6.10 Å². The molecule has 0 aliphatic carbocycles. The zero-order chi connectivity index (χ0) is 11.0. The Kier molecular flexibility index (Phi) is 2.57. The van der Waals surface area contributed by atoms with Crippen LogP contribution in [0.1, 0.15) is 6.92 Å². The van der Waals surface area contributed by atoms with Crippen molar-refractivity contribution < 1.29 is 4.74 Å². The molecule has 0 N–H and O–H groups in total.